The molecule has 0 aliphatic heterocycles. The Kier molecular flexibility index (Phi) is 6.34. The molecule has 5 N–H and O–H groups in total. The highest BCUT2D eigenvalue weighted by molar-refractivity contribution is 6.18. The van der Waals surface area contributed by atoms with Gasteiger partial charge in [-0.1, -0.05) is 0 Å². The zero-order valence-corrected chi connectivity index (χ0v) is 16.8. The molecule has 0 fully saturated rings. The van der Waals surface area contributed by atoms with Gasteiger partial charge in [0.2, 0.25) is 0 Å². The average Bonchev–Trinajstić information content (AvgIpc) is 3.26. The van der Waals surface area contributed by atoms with Crippen LogP contribution in [0.15, 0.2) is 48.1 Å². The summed E-state index contributed by atoms with van der Waals surface area (Å²) < 4.78 is 41.2. The van der Waals surface area contributed by atoms with Crippen molar-refractivity contribution in [2.75, 3.05) is 16.4 Å². The van der Waals surface area contributed by atoms with Crippen LogP contribution in [0.3, 0.4) is 0 Å². The second-order valence-corrected chi connectivity index (χ2v) is 6.49. The minimum atomic E-state index is -5.03. The Morgan fingerprint density at radius 2 is 1.94 bits per heavy atom. The van der Waals surface area contributed by atoms with Crippen molar-refractivity contribution < 1.29 is 18.0 Å². The molecule has 0 saturated carbocycles. The smallest absolute Gasteiger partial charge is 0.384 e. The summed E-state index contributed by atoms with van der Waals surface area (Å²) in [6.45, 7) is 1.60. The second kappa shape index (κ2) is 9.14. The number of alkyl halides is 3. The van der Waals surface area contributed by atoms with Crippen LogP contribution in [0.5, 0.6) is 0 Å². The van der Waals surface area contributed by atoms with E-state index in [1.165, 1.54) is 30.6 Å². The van der Waals surface area contributed by atoms with Gasteiger partial charge in [-0.15, -0.1) is 4.80 Å². The number of hydrogen-bond acceptors (Lipinski definition) is 9. The number of nitrogens with zero attached hydrogens (tertiary/aromatic N) is 6. The van der Waals surface area contributed by atoms with E-state index in [1.54, 1.807) is 6.92 Å². The normalized spacial score (nSPS) is 11.8. The van der Waals surface area contributed by atoms with Crippen LogP contribution in [0.4, 0.5) is 30.5 Å². The number of halogens is 3. The first-order valence-corrected chi connectivity index (χ1v) is 9.03. The molecule has 0 unspecified atom stereocenters. The molecular formula is C19H15F3N10O. The Labute approximate surface area is 184 Å². The van der Waals surface area contributed by atoms with Gasteiger partial charge in [0.05, 0.1) is 29.9 Å². The molecule has 14 heteroatoms. The van der Waals surface area contributed by atoms with Gasteiger partial charge >= 0.3 is 6.18 Å². The molecule has 0 radical (unpaired) electrons. The van der Waals surface area contributed by atoms with Crippen molar-refractivity contribution in [2.24, 2.45) is 0 Å². The number of nitrogens with two attached hydrogens (primary N) is 1. The number of aryl methyl sites for hydroxylation is 1. The van der Waals surface area contributed by atoms with Crippen molar-refractivity contribution in [1.82, 2.24) is 25.0 Å². The molecule has 0 aromatic carbocycles. The van der Waals surface area contributed by atoms with E-state index >= 15 is 0 Å². The van der Waals surface area contributed by atoms with Gasteiger partial charge in [0.15, 0.2) is 5.82 Å². The molecule has 3 aromatic heterocycles. The van der Waals surface area contributed by atoms with Gasteiger partial charge in [-0.2, -0.15) is 28.6 Å². The molecular weight excluding hydrogens is 441 g/mol. The highest BCUT2D eigenvalue weighted by Crippen LogP contribution is 2.30. The van der Waals surface area contributed by atoms with Crippen LogP contribution in [0.2, 0.25) is 0 Å². The Hall–Kier alpha value is -4.80. The maximum absolute atomic E-state index is 13.7. The topological polar surface area (TPSA) is 171 Å². The van der Waals surface area contributed by atoms with Gasteiger partial charge in [0.25, 0.3) is 5.91 Å². The number of pyridine rings is 2. The first kappa shape index (κ1) is 22.9. The minimum absolute atomic E-state index is 0.0262. The number of nitriles is 1. The van der Waals surface area contributed by atoms with Crippen LogP contribution in [0.25, 0.3) is 5.82 Å². The third kappa shape index (κ3) is 5.28. The van der Waals surface area contributed by atoms with E-state index < -0.39 is 23.4 Å². The molecule has 11 nitrogen and oxygen atoms in total. The Morgan fingerprint density at radius 1 is 1.24 bits per heavy atom. The van der Waals surface area contributed by atoms with Crippen LogP contribution >= 0.6 is 0 Å². The Bertz CT molecular complexity index is 1260. The Morgan fingerprint density at radius 3 is 2.52 bits per heavy atom. The van der Waals surface area contributed by atoms with E-state index in [2.05, 4.69) is 25.5 Å². The summed E-state index contributed by atoms with van der Waals surface area (Å²) >= 11 is 0. The van der Waals surface area contributed by atoms with Crippen molar-refractivity contribution in [3.63, 3.8) is 0 Å². The Balaban J connectivity index is 1.96. The van der Waals surface area contributed by atoms with Crippen molar-refractivity contribution >= 4 is 29.4 Å². The van der Waals surface area contributed by atoms with Gasteiger partial charge in [-0.25, -0.2) is 9.97 Å². The fourth-order valence-electron chi connectivity index (χ4n) is 2.72. The summed E-state index contributed by atoms with van der Waals surface area (Å²) in [5.41, 5.74) is 3.45. The largest absolute Gasteiger partial charge is 0.432 e. The third-order valence-corrected chi connectivity index (χ3v) is 4.04. The lowest BCUT2D eigenvalue weighted by Gasteiger charge is -2.17. The highest BCUT2D eigenvalue weighted by Gasteiger charge is 2.38. The first-order chi connectivity index (χ1) is 15.6. The number of nitrogen functional groups attached to an aromatic ring is 1. The summed E-state index contributed by atoms with van der Waals surface area (Å²) in [5, 5.41) is 28.7. The maximum atomic E-state index is 13.7. The maximum Gasteiger partial charge on any atom is 0.432 e. The molecule has 3 heterocycles. The fourth-order valence-corrected chi connectivity index (χ4v) is 2.72. The van der Waals surface area contributed by atoms with Gasteiger partial charge < -0.3 is 21.8 Å². The standard InChI is InChI=1S/C19H15F3N10O/c1-10-4-14(25)30-15(5-10)31-16(19(20,21)22)13(8-24)18(33)29-12-6-11(7-23)17(26-9-12)32-27-2-3-28-32/h2-6,8-9,24H,1H3,(H,29,33)(H3,25,30,31)/b16-13+,24-8?. The van der Waals surface area contributed by atoms with Crippen molar-refractivity contribution in [2.45, 2.75) is 13.1 Å². The highest BCUT2D eigenvalue weighted by atomic mass is 19.4. The van der Waals surface area contributed by atoms with Crippen LogP contribution in [-0.2, 0) is 4.79 Å². The van der Waals surface area contributed by atoms with E-state index in [1.807, 2.05) is 11.4 Å². The molecule has 0 saturated heterocycles. The zero-order valence-electron chi connectivity index (χ0n) is 16.8. The molecule has 3 aromatic rings. The third-order valence-electron chi connectivity index (χ3n) is 4.04. The van der Waals surface area contributed by atoms with Crippen molar-refractivity contribution in [1.29, 1.82) is 10.7 Å². The number of amides is 1. The summed E-state index contributed by atoms with van der Waals surface area (Å²) in [5.74, 6) is -1.48. The monoisotopic (exact) mass is 456 g/mol. The number of allylic oxidation sites excluding steroid dienone is 1. The number of aromatic nitrogens is 5. The van der Waals surface area contributed by atoms with Crippen molar-refractivity contribution in [3.05, 3.63) is 59.2 Å². The lowest BCUT2D eigenvalue weighted by molar-refractivity contribution is -0.114. The number of anilines is 3. The van der Waals surface area contributed by atoms with Gasteiger partial charge in [0, 0.05) is 6.21 Å². The predicted octanol–water partition coefficient (Wildman–Crippen LogP) is 2.34. The quantitative estimate of drug-likeness (QED) is 0.323. The number of hydrogen-bond donors (Lipinski definition) is 4. The summed E-state index contributed by atoms with van der Waals surface area (Å²) in [4.78, 5) is 21.4. The summed E-state index contributed by atoms with van der Waals surface area (Å²) in [6, 6.07) is 5.79. The number of nitrogens with one attached hydrogen (secondary N) is 3. The molecule has 33 heavy (non-hydrogen) atoms. The number of carbonyl (C=O) groups excluding carboxylic acids is 1. The van der Waals surface area contributed by atoms with Crippen LogP contribution in [0, 0.1) is 23.7 Å². The van der Waals surface area contributed by atoms with Gasteiger partial charge in [0.1, 0.15) is 29.0 Å². The van der Waals surface area contributed by atoms with Crippen molar-refractivity contribution in [3.8, 4) is 11.9 Å². The molecule has 0 spiro atoms. The summed E-state index contributed by atoms with van der Waals surface area (Å²) in [7, 11) is 0. The number of carbonyl (C=O) groups is 1. The SMILES string of the molecule is Cc1cc(N)nc(N/C(=C(\C=N)C(=O)Nc2cnc(-n3nccn3)c(C#N)c2)C(F)(F)F)c1. The lowest BCUT2D eigenvalue weighted by Crippen LogP contribution is -2.28. The van der Waals surface area contributed by atoms with E-state index in [-0.39, 0.29) is 34.9 Å². The fraction of sp³-hybridized carbons (Fsp3) is 0.105. The van der Waals surface area contributed by atoms with E-state index in [0.29, 0.717) is 5.56 Å². The molecule has 0 aliphatic rings. The van der Waals surface area contributed by atoms with Crippen LogP contribution in [0.1, 0.15) is 11.1 Å². The molecule has 0 aliphatic carbocycles. The van der Waals surface area contributed by atoms with E-state index in [9.17, 15) is 23.2 Å². The predicted molar refractivity (Wildman–Crippen MR) is 111 cm³/mol. The van der Waals surface area contributed by atoms with Crippen LogP contribution in [-0.4, -0.2) is 43.3 Å². The molecule has 3 rings (SSSR count). The number of rotatable bonds is 6. The second-order valence-electron chi connectivity index (χ2n) is 6.49. The van der Waals surface area contributed by atoms with Gasteiger partial charge in [-0.05, 0) is 30.7 Å². The van der Waals surface area contributed by atoms with E-state index in [0.717, 1.165) is 11.0 Å². The van der Waals surface area contributed by atoms with E-state index in [4.69, 9.17) is 11.1 Å². The minimum Gasteiger partial charge on any atom is -0.384 e. The molecule has 0 bridgehead atoms. The van der Waals surface area contributed by atoms with Gasteiger partial charge in [-0.3, -0.25) is 4.79 Å². The molecule has 0 atom stereocenters. The zero-order chi connectivity index (χ0) is 24.2. The molecule has 168 valence electrons. The lowest BCUT2D eigenvalue weighted by atomic mass is 10.1. The average molecular weight is 456 g/mol. The first-order valence-electron chi connectivity index (χ1n) is 9.03. The summed E-state index contributed by atoms with van der Waals surface area (Å²) in [6.07, 6.45) is -0.937. The molecule has 1 amide bonds. The van der Waals surface area contributed by atoms with Crippen LogP contribution < -0.4 is 16.4 Å².